The van der Waals surface area contributed by atoms with Gasteiger partial charge in [0.1, 0.15) is 17.6 Å². The predicted molar refractivity (Wildman–Crippen MR) is 136 cm³/mol. The molecule has 1 aliphatic rings. The van der Waals surface area contributed by atoms with Gasteiger partial charge in [-0.3, -0.25) is 19.5 Å². The number of amides is 1. The number of ether oxygens (including phenoxy) is 3. The number of imidazole rings is 1. The fourth-order valence-corrected chi connectivity index (χ4v) is 4.34. The van der Waals surface area contributed by atoms with E-state index in [9.17, 15) is 14.7 Å². The summed E-state index contributed by atoms with van der Waals surface area (Å²) in [5, 5.41) is 11.2. The molecule has 2 N–H and O–H groups in total. The summed E-state index contributed by atoms with van der Waals surface area (Å²) in [6, 6.07) is 14.1. The van der Waals surface area contributed by atoms with Crippen LogP contribution in [0.5, 0.6) is 17.2 Å². The van der Waals surface area contributed by atoms with Crippen LogP contribution in [0.3, 0.4) is 0 Å². The van der Waals surface area contributed by atoms with Gasteiger partial charge in [-0.25, -0.2) is 4.98 Å². The SMILES string of the molecule is CCOc1ccc(/C(O)=C2\C(=O)C(=O)N(c3nc4cc(OC)c(OC)cc4[nH]3)C2c2ccccn2)cc1. The standard InChI is InChI=1S/C27H24N4O6/c1-4-37-16-10-8-15(9-11-16)24(32)22-23(17-7-5-6-12-28-17)31(26(34)25(22)33)27-29-18-13-20(35-2)21(36-3)14-19(18)30-27/h5-14,23,32H,4H2,1-3H3,(H,29,30)/b24-22+. The summed E-state index contributed by atoms with van der Waals surface area (Å²) in [5.74, 6) is -0.337. The topological polar surface area (TPSA) is 127 Å². The van der Waals surface area contributed by atoms with Gasteiger partial charge in [0, 0.05) is 23.9 Å². The molecule has 10 heteroatoms. The lowest BCUT2D eigenvalue weighted by Crippen LogP contribution is -2.30. The van der Waals surface area contributed by atoms with Crippen LogP contribution >= 0.6 is 0 Å². The number of nitrogens with zero attached hydrogens (tertiary/aromatic N) is 3. The zero-order valence-electron chi connectivity index (χ0n) is 20.4. The third kappa shape index (κ3) is 4.12. The van der Waals surface area contributed by atoms with Gasteiger partial charge >= 0.3 is 5.91 Å². The summed E-state index contributed by atoms with van der Waals surface area (Å²) in [6.07, 6.45) is 1.56. The van der Waals surface area contributed by atoms with Crippen LogP contribution in [0.25, 0.3) is 16.8 Å². The van der Waals surface area contributed by atoms with E-state index in [1.807, 2.05) is 6.92 Å². The normalized spacial score (nSPS) is 16.8. The fraction of sp³-hybridized carbons (Fsp3) is 0.185. The number of pyridine rings is 1. The molecule has 0 radical (unpaired) electrons. The molecule has 1 aliphatic heterocycles. The molecule has 1 amide bonds. The molecule has 2 aromatic heterocycles. The van der Waals surface area contributed by atoms with Crippen molar-refractivity contribution >= 4 is 34.4 Å². The van der Waals surface area contributed by atoms with Crippen molar-refractivity contribution in [1.82, 2.24) is 15.0 Å². The van der Waals surface area contributed by atoms with Gasteiger partial charge in [0.2, 0.25) is 5.95 Å². The molecule has 0 saturated carbocycles. The Bertz CT molecular complexity index is 1470. The van der Waals surface area contributed by atoms with Crippen molar-refractivity contribution in [2.45, 2.75) is 13.0 Å². The second-order valence-electron chi connectivity index (χ2n) is 8.17. The van der Waals surface area contributed by atoms with Crippen LogP contribution in [-0.2, 0) is 9.59 Å². The number of methoxy groups -OCH3 is 2. The first-order valence-electron chi connectivity index (χ1n) is 11.5. The number of aromatic amines is 1. The molecule has 0 aliphatic carbocycles. The van der Waals surface area contributed by atoms with Gasteiger partial charge in [-0.15, -0.1) is 0 Å². The summed E-state index contributed by atoms with van der Waals surface area (Å²) >= 11 is 0. The number of ketones is 1. The van der Waals surface area contributed by atoms with Crippen molar-refractivity contribution in [3.05, 3.63) is 77.6 Å². The van der Waals surface area contributed by atoms with Gasteiger partial charge in [-0.1, -0.05) is 6.07 Å². The minimum absolute atomic E-state index is 0.0940. The Hall–Kier alpha value is -4.86. The van der Waals surface area contributed by atoms with E-state index in [4.69, 9.17) is 14.2 Å². The van der Waals surface area contributed by atoms with Crippen molar-refractivity contribution in [2.24, 2.45) is 0 Å². The summed E-state index contributed by atoms with van der Waals surface area (Å²) in [7, 11) is 3.03. The molecule has 3 heterocycles. The number of anilines is 1. The number of H-pyrrole nitrogens is 1. The summed E-state index contributed by atoms with van der Waals surface area (Å²) in [4.78, 5) is 39.9. The van der Waals surface area contributed by atoms with Crippen LogP contribution in [-0.4, -0.2) is 52.6 Å². The largest absolute Gasteiger partial charge is 0.507 e. The van der Waals surface area contributed by atoms with Gasteiger partial charge in [0.05, 0.1) is 43.1 Å². The number of aromatic nitrogens is 3. The lowest BCUT2D eigenvalue weighted by Gasteiger charge is -2.22. The van der Waals surface area contributed by atoms with Gasteiger partial charge in [0.15, 0.2) is 11.5 Å². The molecule has 1 fully saturated rings. The second kappa shape index (κ2) is 9.65. The highest BCUT2D eigenvalue weighted by molar-refractivity contribution is 6.51. The highest BCUT2D eigenvalue weighted by atomic mass is 16.5. The van der Waals surface area contributed by atoms with Crippen molar-refractivity contribution in [3.8, 4) is 17.2 Å². The van der Waals surface area contributed by atoms with Crippen LogP contribution in [0.1, 0.15) is 24.2 Å². The lowest BCUT2D eigenvalue weighted by molar-refractivity contribution is -0.132. The third-order valence-corrected chi connectivity index (χ3v) is 6.05. The zero-order valence-corrected chi connectivity index (χ0v) is 20.4. The molecule has 10 nitrogen and oxygen atoms in total. The molecule has 4 aromatic rings. The Morgan fingerprint density at radius 2 is 1.78 bits per heavy atom. The molecule has 1 atom stereocenters. The van der Waals surface area contributed by atoms with Crippen LogP contribution in [0.2, 0.25) is 0 Å². The molecular formula is C27H24N4O6. The van der Waals surface area contributed by atoms with E-state index < -0.39 is 17.7 Å². The number of benzene rings is 2. The Balaban J connectivity index is 1.67. The molecule has 188 valence electrons. The van der Waals surface area contributed by atoms with E-state index in [0.717, 1.165) is 0 Å². The number of rotatable bonds is 7. The number of aliphatic hydroxyl groups excluding tert-OH is 1. The van der Waals surface area contributed by atoms with Crippen LogP contribution in [0, 0.1) is 0 Å². The van der Waals surface area contributed by atoms with Gasteiger partial charge in [-0.2, -0.15) is 0 Å². The Morgan fingerprint density at radius 1 is 1.05 bits per heavy atom. The number of fused-ring (bicyclic) bond motifs is 1. The molecule has 1 saturated heterocycles. The number of carbonyl (C=O) groups is 2. The van der Waals surface area contributed by atoms with Crippen molar-refractivity contribution in [1.29, 1.82) is 0 Å². The maximum Gasteiger partial charge on any atom is 0.302 e. The highest BCUT2D eigenvalue weighted by Crippen LogP contribution is 2.42. The maximum absolute atomic E-state index is 13.4. The van der Waals surface area contributed by atoms with E-state index in [0.29, 0.717) is 46.1 Å². The number of hydrogen-bond acceptors (Lipinski definition) is 8. The molecular weight excluding hydrogens is 476 g/mol. The summed E-state index contributed by atoms with van der Waals surface area (Å²) < 4.78 is 16.2. The van der Waals surface area contributed by atoms with E-state index in [2.05, 4.69) is 15.0 Å². The first-order chi connectivity index (χ1) is 18.0. The van der Waals surface area contributed by atoms with Gasteiger partial charge in [0.25, 0.3) is 5.78 Å². The van der Waals surface area contributed by atoms with E-state index in [1.165, 1.54) is 19.1 Å². The fourth-order valence-electron chi connectivity index (χ4n) is 4.34. The third-order valence-electron chi connectivity index (χ3n) is 6.05. The van der Waals surface area contributed by atoms with E-state index >= 15 is 0 Å². The van der Waals surface area contributed by atoms with Crippen molar-refractivity contribution in [2.75, 3.05) is 25.7 Å². The zero-order chi connectivity index (χ0) is 26.1. The Labute approximate surface area is 212 Å². The lowest BCUT2D eigenvalue weighted by atomic mass is 9.98. The smallest absolute Gasteiger partial charge is 0.302 e. The average Bonchev–Trinajstić information content (AvgIpc) is 3.45. The number of hydrogen-bond donors (Lipinski definition) is 2. The average molecular weight is 501 g/mol. The minimum atomic E-state index is -1.02. The van der Waals surface area contributed by atoms with E-state index in [1.54, 1.807) is 60.8 Å². The van der Waals surface area contributed by atoms with Crippen molar-refractivity contribution < 1.29 is 28.9 Å². The first kappa shape index (κ1) is 23.9. The minimum Gasteiger partial charge on any atom is -0.507 e. The second-order valence-corrected chi connectivity index (χ2v) is 8.17. The highest BCUT2D eigenvalue weighted by Gasteiger charge is 2.48. The van der Waals surface area contributed by atoms with Gasteiger partial charge < -0.3 is 24.3 Å². The Morgan fingerprint density at radius 3 is 2.43 bits per heavy atom. The van der Waals surface area contributed by atoms with Crippen LogP contribution < -0.4 is 19.1 Å². The molecule has 2 aromatic carbocycles. The van der Waals surface area contributed by atoms with E-state index in [-0.39, 0.29) is 17.3 Å². The quantitative estimate of drug-likeness (QED) is 0.222. The van der Waals surface area contributed by atoms with Crippen molar-refractivity contribution in [3.63, 3.8) is 0 Å². The first-order valence-corrected chi connectivity index (χ1v) is 11.5. The predicted octanol–water partition coefficient (Wildman–Crippen LogP) is 4.00. The van der Waals surface area contributed by atoms with Crippen LogP contribution in [0.15, 0.2) is 66.4 Å². The molecule has 0 spiro atoms. The number of aliphatic hydroxyl groups is 1. The number of Topliss-reactive ketones (excluding diaryl/α,β-unsaturated/α-hetero) is 1. The molecule has 5 rings (SSSR count). The number of nitrogens with one attached hydrogen (secondary N) is 1. The molecule has 0 bridgehead atoms. The number of carbonyl (C=O) groups excluding carboxylic acids is 2. The maximum atomic E-state index is 13.4. The molecule has 1 unspecified atom stereocenters. The monoisotopic (exact) mass is 500 g/mol. The van der Waals surface area contributed by atoms with Crippen LogP contribution in [0.4, 0.5) is 5.95 Å². The van der Waals surface area contributed by atoms with Gasteiger partial charge in [-0.05, 0) is 43.3 Å². The summed E-state index contributed by atoms with van der Waals surface area (Å²) in [5.41, 5.74) is 1.73. The summed E-state index contributed by atoms with van der Waals surface area (Å²) in [6.45, 7) is 2.36. The molecule has 37 heavy (non-hydrogen) atoms. The Kier molecular flexibility index (Phi) is 6.22.